The van der Waals surface area contributed by atoms with Crippen LogP contribution in [-0.2, 0) is 6.54 Å². The molecule has 0 unspecified atom stereocenters. The lowest BCUT2D eigenvalue weighted by molar-refractivity contribution is 0.626. The van der Waals surface area contributed by atoms with E-state index in [2.05, 4.69) is 53.0 Å². The number of anilines is 1. The van der Waals surface area contributed by atoms with Crippen LogP contribution in [0.1, 0.15) is 11.1 Å². The van der Waals surface area contributed by atoms with E-state index < -0.39 is 0 Å². The molecule has 0 radical (unpaired) electrons. The van der Waals surface area contributed by atoms with Crippen LogP contribution >= 0.6 is 22.6 Å². The molecule has 0 aliphatic rings. The predicted octanol–water partition coefficient (Wildman–Crippen LogP) is 4.35. The van der Waals surface area contributed by atoms with E-state index in [1.807, 2.05) is 6.07 Å². The summed E-state index contributed by atoms with van der Waals surface area (Å²) in [5, 5.41) is 3.33. The Morgan fingerprint density at radius 2 is 2.00 bits per heavy atom. The van der Waals surface area contributed by atoms with E-state index in [1.54, 1.807) is 12.1 Å². The van der Waals surface area contributed by atoms with Crippen molar-refractivity contribution in [2.75, 3.05) is 5.32 Å². The number of benzene rings is 2. The van der Waals surface area contributed by atoms with E-state index in [-0.39, 0.29) is 5.82 Å². The van der Waals surface area contributed by atoms with Crippen molar-refractivity contribution in [3.63, 3.8) is 0 Å². The Kier molecular flexibility index (Phi) is 3.99. The van der Waals surface area contributed by atoms with Crippen molar-refractivity contribution in [2.45, 2.75) is 13.5 Å². The van der Waals surface area contributed by atoms with Crippen molar-refractivity contribution in [1.82, 2.24) is 0 Å². The van der Waals surface area contributed by atoms with Crippen LogP contribution < -0.4 is 5.32 Å². The second-order valence-corrected chi connectivity index (χ2v) is 5.19. The summed E-state index contributed by atoms with van der Waals surface area (Å²) in [5.74, 6) is -0.191. The molecule has 17 heavy (non-hydrogen) atoms. The average Bonchev–Trinajstić information content (AvgIpc) is 2.30. The van der Waals surface area contributed by atoms with Gasteiger partial charge in [0, 0.05) is 15.8 Å². The molecule has 0 aliphatic carbocycles. The number of nitrogens with one attached hydrogen (secondary N) is 1. The lowest BCUT2D eigenvalue weighted by Gasteiger charge is -2.10. The van der Waals surface area contributed by atoms with Gasteiger partial charge in [-0.05, 0) is 64.9 Å². The molecule has 0 saturated carbocycles. The zero-order chi connectivity index (χ0) is 12.3. The molecule has 2 aromatic carbocycles. The fraction of sp³-hybridized carbons (Fsp3) is 0.143. The van der Waals surface area contributed by atoms with Crippen LogP contribution in [0.5, 0.6) is 0 Å². The highest BCUT2D eigenvalue weighted by Gasteiger charge is 2.00. The van der Waals surface area contributed by atoms with Gasteiger partial charge in [0.25, 0.3) is 0 Å². The quantitative estimate of drug-likeness (QED) is 0.819. The molecule has 1 nitrogen and oxygen atoms in total. The third kappa shape index (κ3) is 3.43. The highest BCUT2D eigenvalue weighted by molar-refractivity contribution is 14.1. The minimum absolute atomic E-state index is 0.191. The van der Waals surface area contributed by atoms with E-state index >= 15 is 0 Å². The van der Waals surface area contributed by atoms with Gasteiger partial charge in [-0.25, -0.2) is 4.39 Å². The van der Waals surface area contributed by atoms with Crippen molar-refractivity contribution in [3.8, 4) is 0 Å². The topological polar surface area (TPSA) is 12.0 Å². The van der Waals surface area contributed by atoms with Gasteiger partial charge in [0.05, 0.1) is 0 Å². The summed E-state index contributed by atoms with van der Waals surface area (Å²) >= 11 is 2.28. The Morgan fingerprint density at radius 3 is 2.76 bits per heavy atom. The predicted molar refractivity (Wildman–Crippen MR) is 77.6 cm³/mol. The first kappa shape index (κ1) is 12.4. The molecule has 2 aromatic rings. The van der Waals surface area contributed by atoms with Crippen molar-refractivity contribution in [1.29, 1.82) is 0 Å². The number of rotatable bonds is 3. The fourth-order valence-electron chi connectivity index (χ4n) is 1.63. The zero-order valence-corrected chi connectivity index (χ0v) is 11.7. The molecule has 0 amide bonds. The Labute approximate surface area is 114 Å². The van der Waals surface area contributed by atoms with E-state index in [9.17, 15) is 4.39 Å². The summed E-state index contributed by atoms with van der Waals surface area (Å²) in [4.78, 5) is 0. The largest absolute Gasteiger partial charge is 0.381 e. The third-order valence-electron chi connectivity index (χ3n) is 2.57. The van der Waals surface area contributed by atoms with Gasteiger partial charge in [0.2, 0.25) is 0 Å². The summed E-state index contributed by atoms with van der Waals surface area (Å²) in [5.41, 5.74) is 3.24. The van der Waals surface area contributed by atoms with E-state index in [0.717, 1.165) is 11.3 Å². The molecule has 0 aromatic heterocycles. The Balaban J connectivity index is 2.09. The van der Waals surface area contributed by atoms with Crippen LogP contribution in [0, 0.1) is 16.3 Å². The fourth-order valence-corrected chi connectivity index (χ4v) is 2.12. The van der Waals surface area contributed by atoms with E-state index in [1.165, 1.54) is 15.2 Å². The van der Waals surface area contributed by atoms with Crippen LogP contribution in [0.2, 0.25) is 0 Å². The summed E-state index contributed by atoms with van der Waals surface area (Å²) in [6.07, 6.45) is 0. The van der Waals surface area contributed by atoms with E-state index in [0.29, 0.717) is 6.54 Å². The maximum atomic E-state index is 13.0. The molecule has 2 rings (SSSR count). The first-order valence-corrected chi connectivity index (χ1v) is 6.47. The molecule has 0 bridgehead atoms. The van der Waals surface area contributed by atoms with Gasteiger partial charge in [-0.1, -0.05) is 18.2 Å². The highest BCUT2D eigenvalue weighted by atomic mass is 127. The minimum atomic E-state index is -0.191. The molecular formula is C14H13FIN. The van der Waals surface area contributed by atoms with Gasteiger partial charge in [0.15, 0.2) is 0 Å². The molecule has 1 N–H and O–H groups in total. The molecule has 88 valence electrons. The Morgan fingerprint density at radius 1 is 1.18 bits per heavy atom. The van der Waals surface area contributed by atoms with Gasteiger partial charge in [0.1, 0.15) is 5.82 Å². The van der Waals surface area contributed by atoms with Crippen molar-refractivity contribution >= 4 is 28.3 Å². The van der Waals surface area contributed by atoms with Crippen LogP contribution in [0.25, 0.3) is 0 Å². The first-order valence-electron chi connectivity index (χ1n) is 5.39. The first-order chi connectivity index (χ1) is 8.15. The summed E-state index contributed by atoms with van der Waals surface area (Å²) < 4.78 is 14.2. The number of hydrogen-bond acceptors (Lipinski definition) is 1. The minimum Gasteiger partial charge on any atom is -0.381 e. The number of hydrogen-bond donors (Lipinski definition) is 1. The third-order valence-corrected chi connectivity index (χ3v) is 3.24. The molecule has 0 heterocycles. The molecule has 0 saturated heterocycles. The smallest absolute Gasteiger partial charge is 0.123 e. The monoisotopic (exact) mass is 341 g/mol. The standard InChI is InChI=1S/C14H13FIN/c1-10-5-6-13(16)8-14(10)17-9-11-3-2-4-12(15)7-11/h2-8,17H,9H2,1H3. The van der Waals surface area contributed by atoms with Crippen LogP contribution in [-0.4, -0.2) is 0 Å². The second kappa shape index (κ2) is 5.49. The Bertz CT molecular complexity index is 525. The maximum absolute atomic E-state index is 13.0. The lowest BCUT2D eigenvalue weighted by Crippen LogP contribution is -2.01. The van der Waals surface area contributed by atoms with Crippen molar-refractivity contribution in [2.24, 2.45) is 0 Å². The van der Waals surface area contributed by atoms with Crippen molar-refractivity contribution < 1.29 is 4.39 Å². The molecule has 0 atom stereocenters. The summed E-state index contributed by atoms with van der Waals surface area (Å²) in [6.45, 7) is 2.70. The lowest BCUT2D eigenvalue weighted by atomic mass is 10.2. The van der Waals surface area contributed by atoms with Crippen LogP contribution in [0.4, 0.5) is 10.1 Å². The van der Waals surface area contributed by atoms with Gasteiger partial charge < -0.3 is 5.32 Å². The van der Waals surface area contributed by atoms with E-state index in [4.69, 9.17) is 0 Å². The number of halogens is 2. The van der Waals surface area contributed by atoms with Gasteiger partial charge >= 0.3 is 0 Å². The normalized spacial score (nSPS) is 10.3. The van der Waals surface area contributed by atoms with Gasteiger partial charge in [-0.3, -0.25) is 0 Å². The Hall–Kier alpha value is -1.10. The maximum Gasteiger partial charge on any atom is 0.123 e. The van der Waals surface area contributed by atoms with Gasteiger partial charge in [-0.2, -0.15) is 0 Å². The average molecular weight is 341 g/mol. The molecule has 0 fully saturated rings. The molecule has 0 aliphatic heterocycles. The SMILES string of the molecule is Cc1ccc(I)cc1NCc1cccc(F)c1. The second-order valence-electron chi connectivity index (χ2n) is 3.94. The van der Waals surface area contributed by atoms with Crippen LogP contribution in [0.3, 0.4) is 0 Å². The molecule has 3 heteroatoms. The molecule has 0 spiro atoms. The highest BCUT2D eigenvalue weighted by Crippen LogP contribution is 2.19. The van der Waals surface area contributed by atoms with Gasteiger partial charge in [-0.15, -0.1) is 0 Å². The van der Waals surface area contributed by atoms with Crippen LogP contribution in [0.15, 0.2) is 42.5 Å². The number of aryl methyl sites for hydroxylation is 1. The summed E-state index contributed by atoms with van der Waals surface area (Å²) in [6, 6.07) is 12.9. The zero-order valence-electron chi connectivity index (χ0n) is 9.50. The van der Waals surface area contributed by atoms with Crippen molar-refractivity contribution in [3.05, 3.63) is 63.0 Å². The summed E-state index contributed by atoms with van der Waals surface area (Å²) in [7, 11) is 0. The molecular weight excluding hydrogens is 328 g/mol.